The Morgan fingerprint density at radius 1 is 1.21 bits per heavy atom. The number of amides is 2. The summed E-state index contributed by atoms with van der Waals surface area (Å²) in [4.78, 5) is 30.6. The molecule has 0 aliphatic carbocycles. The van der Waals surface area contributed by atoms with Gasteiger partial charge in [0, 0.05) is 12.8 Å². The van der Waals surface area contributed by atoms with E-state index in [-0.39, 0.29) is 11.8 Å². The second-order valence-corrected chi connectivity index (χ2v) is 4.11. The number of hydrogen-bond acceptors (Lipinski definition) is 4. The van der Waals surface area contributed by atoms with Gasteiger partial charge in [0.1, 0.15) is 6.04 Å². The van der Waals surface area contributed by atoms with Crippen LogP contribution in [0, 0.1) is 0 Å². The number of carbonyl (C=O) groups is 3. The minimum atomic E-state index is -0.959. The summed E-state index contributed by atoms with van der Waals surface area (Å²) < 4.78 is 0. The summed E-state index contributed by atoms with van der Waals surface area (Å²) in [5.41, 5.74) is 6.30. The Labute approximate surface area is 110 Å². The fourth-order valence-electron chi connectivity index (χ4n) is 1.46. The van der Waals surface area contributed by atoms with E-state index >= 15 is 0 Å². The van der Waals surface area contributed by atoms with Gasteiger partial charge in [0.2, 0.25) is 11.8 Å². The highest BCUT2D eigenvalue weighted by Crippen LogP contribution is 2.01. The second-order valence-electron chi connectivity index (χ2n) is 4.11. The molecule has 6 heteroatoms. The standard InChI is InChI=1S/C9H11NO2.C4H5NO2/c10-8(9(11)12)6-7-4-2-1-3-5-7;6-3-1-2-4(7)5-3/h1-5,8H,6,10H2,(H,11,12);1-2H2,(H,5,6,7)/t8-;/m0./s1. The molecule has 0 spiro atoms. The van der Waals surface area contributed by atoms with Gasteiger partial charge in [0.25, 0.3) is 0 Å². The van der Waals surface area contributed by atoms with Crippen LogP contribution < -0.4 is 11.1 Å². The molecule has 0 bridgehead atoms. The van der Waals surface area contributed by atoms with Crippen LogP contribution in [0.25, 0.3) is 0 Å². The van der Waals surface area contributed by atoms with Crippen molar-refractivity contribution < 1.29 is 19.5 Å². The topological polar surface area (TPSA) is 109 Å². The molecular weight excluding hydrogens is 248 g/mol. The molecular formula is C13H16N2O4. The first-order valence-electron chi connectivity index (χ1n) is 5.84. The molecule has 0 unspecified atom stereocenters. The first-order chi connectivity index (χ1) is 8.99. The van der Waals surface area contributed by atoms with Crippen LogP contribution in [0.3, 0.4) is 0 Å². The van der Waals surface area contributed by atoms with Crippen molar-refractivity contribution in [1.29, 1.82) is 0 Å². The van der Waals surface area contributed by atoms with Crippen molar-refractivity contribution >= 4 is 17.8 Å². The molecule has 102 valence electrons. The number of rotatable bonds is 3. The summed E-state index contributed by atoms with van der Waals surface area (Å²) in [7, 11) is 0. The number of hydrogen-bond donors (Lipinski definition) is 3. The zero-order valence-corrected chi connectivity index (χ0v) is 10.3. The van der Waals surface area contributed by atoms with Crippen molar-refractivity contribution in [2.45, 2.75) is 25.3 Å². The highest BCUT2D eigenvalue weighted by molar-refractivity contribution is 6.01. The number of carboxylic acids is 1. The Hall–Kier alpha value is -2.21. The number of carbonyl (C=O) groups excluding carboxylic acids is 2. The van der Waals surface area contributed by atoms with Crippen LogP contribution in [0.4, 0.5) is 0 Å². The zero-order valence-electron chi connectivity index (χ0n) is 10.3. The van der Waals surface area contributed by atoms with Gasteiger partial charge in [-0.2, -0.15) is 0 Å². The molecule has 19 heavy (non-hydrogen) atoms. The van der Waals surface area contributed by atoms with Crippen molar-refractivity contribution in [1.82, 2.24) is 5.32 Å². The zero-order chi connectivity index (χ0) is 14.3. The van der Waals surface area contributed by atoms with E-state index in [4.69, 9.17) is 10.8 Å². The summed E-state index contributed by atoms with van der Waals surface area (Å²) in [6.45, 7) is 0. The van der Waals surface area contributed by atoms with Gasteiger partial charge in [-0.05, 0) is 12.0 Å². The number of nitrogens with two attached hydrogens (primary N) is 1. The Morgan fingerprint density at radius 2 is 1.74 bits per heavy atom. The molecule has 2 rings (SSSR count). The SMILES string of the molecule is N[C@@H](Cc1ccccc1)C(=O)O.O=C1CCC(=O)N1. The maximum Gasteiger partial charge on any atom is 0.320 e. The first kappa shape index (κ1) is 14.8. The molecule has 1 fully saturated rings. The van der Waals surface area contributed by atoms with Crippen molar-refractivity contribution in [3.8, 4) is 0 Å². The normalized spacial score (nSPS) is 15.2. The van der Waals surface area contributed by atoms with Crippen LogP contribution in [-0.4, -0.2) is 28.9 Å². The molecule has 0 aromatic heterocycles. The summed E-state index contributed by atoms with van der Waals surface area (Å²) in [5.74, 6) is -1.26. The molecule has 6 nitrogen and oxygen atoms in total. The van der Waals surface area contributed by atoms with Gasteiger partial charge in [-0.3, -0.25) is 19.7 Å². The maximum absolute atomic E-state index is 10.4. The molecule has 1 aromatic carbocycles. The van der Waals surface area contributed by atoms with E-state index in [0.717, 1.165) is 5.56 Å². The van der Waals surface area contributed by atoms with Gasteiger partial charge in [-0.15, -0.1) is 0 Å². The smallest absolute Gasteiger partial charge is 0.320 e. The van der Waals surface area contributed by atoms with Gasteiger partial charge in [0.05, 0.1) is 0 Å². The third-order valence-corrected chi connectivity index (χ3v) is 2.47. The quantitative estimate of drug-likeness (QED) is 0.669. The third kappa shape index (κ3) is 5.78. The van der Waals surface area contributed by atoms with Gasteiger partial charge < -0.3 is 10.8 Å². The molecule has 1 aromatic rings. The molecule has 4 N–H and O–H groups in total. The fraction of sp³-hybridized carbons (Fsp3) is 0.308. The van der Waals surface area contributed by atoms with Crippen LogP contribution >= 0.6 is 0 Å². The maximum atomic E-state index is 10.4. The molecule has 1 atom stereocenters. The minimum Gasteiger partial charge on any atom is -0.480 e. The number of benzene rings is 1. The average Bonchev–Trinajstić information content (AvgIpc) is 2.75. The summed E-state index contributed by atoms with van der Waals surface area (Å²) in [5, 5.41) is 10.7. The summed E-state index contributed by atoms with van der Waals surface area (Å²) in [6, 6.07) is 8.54. The summed E-state index contributed by atoms with van der Waals surface area (Å²) in [6.07, 6.45) is 1.13. The molecule has 0 radical (unpaired) electrons. The number of nitrogens with one attached hydrogen (secondary N) is 1. The monoisotopic (exact) mass is 264 g/mol. The lowest BCUT2D eigenvalue weighted by molar-refractivity contribution is -0.138. The number of aliphatic carboxylic acids is 1. The van der Waals surface area contributed by atoms with Crippen LogP contribution in [0.5, 0.6) is 0 Å². The lowest BCUT2D eigenvalue weighted by atomic mass is 10.1. The van der Waals surface area contributed by atoms with Gasteiger partial charge in [0.15, 0.2) is 0 Å². The third-order valence-electron chi connectivity index (χ3n) is 2.47. The van der Waals surface area contributed by atoms with Crippen molar-refractivity contribution in [3.05, 3.63) is 35.9 Å². The van der Waals surface area contributed by atoms with E-state index in [9.17, 15) is 14.4 Å². The van der Waals surface area contributed by atoms with Crippen LogP contribution in [-0.2, 0) is 20.8 Å². The lowest BCUT2D eigenvalue weighted by Crippen LogP contribution is -2.32. The highest BCUT2D eigenvalue weighted by Gasteiger charge is 2.15. The molecule has 1 heterocycles. The van der Waals surface area contributed by atoms with Crippen molar-refractivity contribution in [2.24, 2.45) is 5.73 Å². The number of imide groups is 1. The van der Waals surface area contributed by atoms with E-state index in [0.29, 0.717) is 19.3 Å². The largest absolute Gasteiger partial charge is 0.480 e. The molecule has 2 amide bonds. The molecule has 0 saturated carbocycles. The van der Waals surface area contributed by atoms with Crippen LogP contribution in [0.1, 0.15) is 18.4 Å². The van der Waals surface area contributed by atoms with Crippen molar-refractivity contribution in [3.63, 3.8) is 0 Å². The van der Waals surface area contributed by atoms with Gasteiger partial charge in [-0.25, -0.2) is 0 Å². The second kappa shape index (κ2) is 7.27. The van der Waals surface area contributed by atoms with Crippen molar-refractivity contribution in [2.75, 3.05) is 0 Å². The predicted octanol–water partition coefficient (Wildman–Crippen LogP) is 0.0640. The molecule has 1 aliphatic rings. The fourth-order valence-corrected chi connectivity index (χ4v) is 1.46. The van der Waals surface area contributed by atoms with E-state index in [1.54, 1.807) is 0 Å². The minimum absolute atomic E-state index is 0.148. The Bertz CT molecular complexity index is 445. The van der Waals surface area contributed by atoms with E-state index < -0.39 is 12.0 Å². The Kier molecular flexibility index (Phi) is 5.69. The number of carboxylic acid groups (broad SMARTS) is 1. The Balaban J connectivity index is 0.000000218. The molecule has 1 aliphatic heterocycles. The predicted molar refractivity (Wildman–Crippen MR) is 68.1 cm³/mol. The van der Waals surface area contributed by atoms with E-state index in [1.807, 2.05) is 30.3 Å². The highest BCUT2D eigenvalue weighted by atomic mass is 16.4. The molecule has 1 saturated heterocycles. The van der Waals surface area contributed by atoms with Gasteiger partial charge in [-0.1, -0.05) is 30.3 Å². The summed E-state index contributed by atoms with van der Waals surface area (Å²) >= 11 is 0. The van der Waals surface area contributed by atoms with Gasteiger partial charge >= 0.3 is 5.97 Å². The lowest BCUT2D eigenvalue weighted by Gasteiger charge is -2.04. The average molecular weight is 264 g/mol. The van der Waals surface area contributed by atoms with E-state index in [2.05, 4.69) is 5.32 Å². The van der Waals surface area contributed by atoms with E-state index in [1.165, 1.54) is 0 Å². The van der Waals surface area contributed by atoms with Crippen LogP contribution in [0.15, 0.2) is 30.3 Å². The Morgan fingerprint density at radius 3 is 2.11 bits per heavy atom. The van der Waals surface area contributed by atoms with Crippen LogP contribution in [0.2, 0.25) is 0 Å². The first-order valence-corrected chi connectivity index (χ1v) is 5.84.